The second-order valence-electron chi connectivity index (χ2n) is 4.99. The molecular weight excluding hydrogens is 226 g/mol. The summed E-state index contributed by atoms with van der Waals surface area (Å²) in [5.41, 5.74) is 8.82. The zero-order chi connectivity index (χ0) is 12.1. The van der Waals surface area contributed by atoms with Gasteiger partial charge in [-0.25, -0.2) is 0 Å². The molecule has 94 valence electrons. The number of hydrogen-bond donors (Lipinski definition) is 1. The summed E-state index contributed by atoms with van der Waals surface area (Å²) >= 11 is 2.10. The Balaban J connectivity index is 2.19. The van der Waals surface area contributed by atoms with Crippen molar-refractivity contribution in [2.24, 2.45) is 5.73 Å². The van der Waals surface area contributed by atoms with E-state index in [4.69, 9.17) is 5.73 Å². The van der Waals surface area contributed by atoms with Crippen molar-refractivity contribution in [3.8, 4) is 0 Å². The number of benzene rings is 1. The fraction of sp³-hybridized carbons (Fsp3) is 0.600. The molecule has 1 atom stereocenters. The molecule has 0 aromatic heterocycles. The van der Waals surface area contributed by atoms with Gasteiger partial charge >= 0.3 is 0 Å². The van der Waals surface area contributed by atoms with Crippen molar-refractivity contribution in [2.45, 2.75) is 38.0 Å². The van der Waals surface area contributed by atoms with Crippen molar-refractivity contribution in [3.05, 3.63) is 35.4 Å². The van der Waals surface area contributed by atoms with Gasteiger partial charge in [0.15, 0.2) is 0 Å². The van der Waals surface area contributed by atoms with Crippen LogP contribution in [0.3, 0.4) is 0 Å². The van der Waals surface area contributed by atoms with E-state index in [-0.39, 0.29) is 0 Å². The molecule has 1 aromatic rings. The minimum atomic E-state index is 0.603. The van der Waals surface area contributed by atoms with Crippen LogP contribution in [0.4, 0.5) is 0 Å². The topological polar surface area (TPSA) is 26.0 Å². The third-order valence-corrected chi connectivity index (χ3v) is 4.84. The highest BCUT2D eigenvalue weighted by atomic mass is 32.2. The minimum Gasteiger partial charge on any atom is -0.330 e. The van der Waals surface area contributed by atoms with Gasteiger partial charge in [-0.1, -0.05) is 31.2 Å². The summed E-state index contributed by atoms with van der Waals surface area (Å²) in [6.45, 7) is 3.10. The zero-order valence-corrected chi connectivity index (χ0v) is 11.5. The largest absolute Gasteiger partial charge is 0.330 e. The Kier molecular flexibility index (Phi) is 4.93. The van der Waals surface area contributed by atoms with Crippen LogP contribution in [-0.4, -0.2) is 18.1 Å². The highest BCUT2D eigenvalue weighted by molar-refractivity contribution is 7.99. The summed E-state index contributed by atoms with van der Waals surface area (Å²) in [6, 6.07) is 9.00. The van der Waals surface area contributed by atoms with Crippen molar-refractivity contribution in [3.63, 3.8) is 0 Å². The molecule has 2 N–H and O–H groups in total. The van der Waals surface area contributed by atoms with E-state index in [1.165, 1.54) is 29.9 Å². The van der Waals surface area contributed by atoms with Crippen LogP contribution in [0, 0.1) is 0 Å². The molecule has 0 amide bonds. The highest BCUT2D eigenvalue weighted by Crippen LogP contribution is 2.36. The van der Waals surface area contributed by atoms with Gasteiger partial charge in [0.1, 0.15) is 0 Å². The second-order valence-corrected chi connectivity index (χ2v) is 6.22. The van der Waals surface area contributed by atoms with Crippen LogP contribution in [0.1, 0.15) is 49.1 Å². The van der Waals surface area contributed by atoms with Crippen LogP contribution in [0.5, 0.6) is 0 Å². The van der Waals surface area contributed by atoms with Gasteiger partial charge in [0, 0.05) is 0 Å². The van der Waals surface area contributed by atoms with Gasteiger partial charge in [0.05, 0.1) is 0 Å². The molecule has 1 aromatic carbocycles. The normalized spacial score (nSPS) is 19.2. The van der Waals surface area contributed by atoms with Gasteiger partial charge in [-0.3, -0.25) is 0 Å². The Bertz CT molecular complexity index is 345. The first-order valence-electron chi connectivity index (χ1n) is 6.69. The third-order valence-electron chi connectivity index (χ3n) is 3.79. The van der Waals surface area contributed by atoms with Crippen LogP contribution in [-0.2, 0) is 0 Å². The minimum absolute atomic E-state index is 0.603. The SMILES string of the molecule is CC(CCN)c1ccccc1C1CCSCC1. The number of nitrogens with two attached hydrogens (primary N) is 1. The number of hydrogen-bond acceptors (Lipinski definition) is 2. The number of thioether (sulfide) groups is 1. The highest BCUT2D eigenvalue weighted by Gasteiger charge is 2.20. The first-order chi connectivity index (χ1) is 8.33. The Morgan fingerprint density at radius 3 is 2.71 bits per heavy atom. The Labute approximate surface area is 109 Å². The van der Waals surface area contributed by atoms with Crippen LogP contribution in [0.15, 0.2) is 24.3 Å². The van der Waals surface area contributed by atoms with E-state index in [9.17, 15) is 0 Å². The molecule has 17 heavy (non-hydrogen) atoms. The Hall–Kier alpha value is -0.470. The molecule has 1 nitrogen and oxygen atoms in total. The van der Waals surface area contributed by atoms with E-state index in [1.807, 2.05) is 0 Å². The Morgan fingerprint density at radius 2 is 2.00 bits per heavy atom. The van der Waals surface area contributed by atoms with Crippen LogP contribution in [0.25, 0.3) is 0 Å². The summed E-state index contributed by atoms with van der Waals surface area (Å²) < 4.78 is 0. The number of rotatable bonds is 4. The van der Waals surface area contributed by atoms with Gasteiger partial charge in [0.2, 0.25) is 0 Å². The molecule has 1 heterocycles. The molecule has 2 rings (SSSR count). The third kappa shape index (κ3) is 3.26. The van der Waals surface area contributed by atoms with E-state index in [0.29, 0.717) is 5.92 Å². The van der Waals surface area contributed by atoms with E-state index in [2.05, 4.69) is 43.0 Å². The summed E-state index contributed by atoms with van der Waals surface area (Å²) in [5.74, 6) is 4.03. The summed E-state index contributed by atoms with van der Waals surface area (Å²) in [5, 5.41) is 0. The summed E-state index contributed by atoms with van der Waals surface area (Å²) in [6.07, 6.45) is 3.78. The van der Waals surface area contributed by atoms with Gasteiger partial charge in [-0.2, -0.15) is 11.8 Å². The van der Waals surface area contributed by atoms with Gasteiger partial charge in [-0.05, 0) is 60.3 Å². The lowest BCUT2D eigenvalue weighted by Gasteiger charge is -2.26. The summed E-state index contributed by atoms with van der Waals surface area (Å²) in [4.78, 5) is 0. The lowest BCUT2D eigenvalue weighted by atomic mass is 9.84. The quantitative estimate of drug-likeness (QED) is 0.879. The molecule has 0 spiro atoms. The Morgan fingerprint density at radius 1 is 1.29 bits per heavy atom. The van der Waals surface area contributed by atoms with E-state index >= 15 is 0 Å². The standard InChI is InChI=1S/C15H23NS/c1-12(6-9-16)14-4-2-3-5-15(14)13-7-10-17-11-8-13/h2-5,12-13H,6-11,16H2,1H3. The van der Waals surface area contributed by atoms with Crippen molar-refractivity contribution >= 4 is 11.8 Å². The van der Waals surface area contributed by atoms with Crippen molar-refractivity contribution < 1.29 is 0 Å². The van der Waals surface area contributed by atoms with Gasteiger partial charge < -0.3 is 5.73 Å². The fourth-order valence-corrected chi connectivity index (χ4v) is 3.85. The maximum absolute atomic E-state index is 5.69. The molecular formula is C15H23NS. The van der Waals surface area contributed by atoms with Crippen molar-refractivity contribution in [1.29, 1.82) is 0 Å². The molecule has 1 fully saturated rings. The van der Waals surface area contributed by atoms with E-state index in [1.54, 1.807) is 5.56 Å². The summed E-state index contributed by atoms with van der Waals surface area (Å²) in [7, 11) is 0. The van der Waals surface area contributed by atoms with Gasteiger partial charge in [0.25, 0.3) is 0 Å². The first-order valence-corrected chi connectivity index (χ1v) is 7.85. The second kappa shape index (κ2) is 6.46. The molecule has 1 unspecified atom stereocenters. The predicted molar refractivity (Wildman–Crippen MR) is 77.8 cm³/mol. The lowest BCUT2D eigenvalue weighted by Crippen LogP contribution is -2.12. The molecule has 0 saturated carbocycles. The average Bonchev–Trinajstić information content (AvgIpc) is 2.40. The maximum Gasteiger partial charge on any atom is -0.00617 e. The predicted octanol–water partition coefficient (Wildman–Crippen LogP) is 3.75. The van der Waals surface area contributed by atoms with Gasteiger partial charge in [-0.15, -0.1) is 0 Å². The fourth-order valence-electron chi connectivity index (χ4n) is 2.75. The molecule has 2 heteroatoms. The van der Waals surface area contributed by atoms with Crippen LogP contribution < -0.4 is 5.73 Å². The van der Waals surface area contributed by atoms with E-state index in [0.717, 1.165) is 18.9 Å². The smallest absolute Gasteiger partial charge is 0.00617 e. The van der Waals surface area contributed by atoms with Crippen LogP contribution >= 0.6 is 11.8 Å². The zero-order valence-electron chi connectivity index (χ0n) is 10.7. The molecule has 1 aliphatic rings. The maximum atomic E-state index is 5.69. The van der Waals surface area contributed by atoms with Crippen molar-refractivity contribution in [2.75, 3.05) is 18.1 Å². The van der Waals surface area contributed by atoms with E-state index < -0.39 is 0 Å². The molecule has 1 saturated heterocycles. The average molecular weight is 249 g/mol. The molecule has 0 bridgehead atoms. The lowest BCUT2D eigenvalue weighted by molar-refractivity contribution is 0.609. The molecule has 1 aliphatic heterocycles. The first kappa shape index (κ1) is 13.0. The molecule has 0 aliphatic carbocycles. The monoisotopic (exact) mass is 249 g/mol. The van der Waals surface area contributed by atoms with Crippen LogP contribution in [0.2, 0.25) is 0 Å². The molecule has 0 radical (unpaired) electrons. The van der Waals surface area contributed by atoms with Crippen molar-refractivity contribution in [1.82, 2.24) is 0 Å².